The summed E-state index contributed by atoms with van der Waals surface area (Å²) in [4.78, 5) is 28.0. The van der Waals surface area contributed by atoms with Gasteiger partial charge in [-0.3, -0.25) is 18.6 Å². The third-order valence-corrected chi connectivity index (χ3v) is 7.18. The van der Waals surface area contributed by atoms with Gasteiger partial charge in [-0.1, -0.05) is 85.4 Å². The number of carbonyl (C=O) groups is 1. The Kier molecular flexibility index (Phi) is 6.86. The van der Waals surface area contributed by atoms with E-state index in [-0.39, 0.29) is 17.2 Å². The number of thioether (sulfide) groups is 1. The van der Waals surface area contributed by atoms with Crippen molar-refractivity contribution in [1.82, 2.24) is 24.1 Å². The molecule has 8 heteroatoms. The molecule has 0 atom stereocenters. The molecule has 3 aromatic carbocycles. The normalized spacial score (nSPS) is 11.3. The number of aromatic nitrogens is 4. The van der Waals surface area contributed by atoms with Gasteiger partial charge in [-0.25, -0.2) is 0 Å². The monoisotopic (exact) mass is 497 g/mol. The summed E-state index contributed by atoms with van der Waals surface area (Å²) in [6.07, 6.45) is 0.992. The van der Waals surface area contributed by atoms with Crippen molar-refractivity contribution in [2.24, 2.45) is 0 Å². The molecule has 7 nitrogen and oxygen atoms in total. The molecule has 5 rings (SSSR count). The van der Waals surface area contributed by atoms with Gasteiger partial charge in [0.25, 0.3) is 5.56 Å². The average molecular weight is 498 g/mol. The molecular formula is C28H27N5O2S. The summed E-state index contributed by atoms with van der Waals surface area (Å²) in [5.41, 5.74) is 3.98. The fourth-order valence-electron chi connectivity index (χ4n) is 4.21. The number of hydrogen-bond donors (Lipinski definition) is 0. The van der Waals surface area contributed by atoms with Crippen molar-refractivity contribution < 1.29 is 4.79 Å². The number of para-hydroxylation sites is 1. The lowest BCUT2D eigenvalue weighted by molar-refractivity contribution is -0.127. The topological polar surface area (TPSA) is 72.5 Å². The summed E-state index contributed by atoms with van der Waals surface area (Å²) < 4.78 is 3.52. The maximum Gasteiger partial charge on any atom is 0.263 e. The van der Waals surface area contributed by atoms with Gasteiger partial charge in [-0.2, -0.15) is 0 Å². The fraction of sp³-hybridized carbons (Fsp3) is 0.214. The van der Waals surface area contributed by atoms with Gasteiger partial charge in [0.15, 0.2) is 5.16 Å². The van der Waals surface area contributed by atoms with Gasteiger partial charge in [0.05, 0.1) is 23.2 Å². The van der Waals surface area contributed by atoms with Crippen LogP contribution >= 0.6 is 11.8 Å². The molecule has 36 heavy (non-hydrogen) atoms. The van der Waals surface area contributed by atoms with Crippen LogP contribution in [0.5, 0.6) is 0 Å². The third kappa shape index (κ3) is 4.77. The molecule has 182 valence electrons. The zero-order valence-corrected chi connectivity index (χ0v) is 21.1. The Bertz CT molecular complexity index is 1580. The fourth-order valence-corrected chi connectivity index (χ4v) is 5.10. The van der Waals surface area contributed by atoms with Crippen molar-refractivity contribution in [1.29, 1.82) is 0 Å². The minimum absolute atomic E-state index is 0.00164. The molecule has 2 heterocycles. The van der Waals surface area contributed by atoms with Crippen LogP contribution < -0.4 is 5.56 Å². The van der Waals surface area contributed by atoms with Crippen LogP contribution in [0.1, 0.15) is 23.6 Å². The zero-order valence-electron chi connectivity index (χ0n) is 20.3. The van der Waals surface area contributed by atoms with Gasteiger partial charge >= 0.3 is 0 Å². The van der Waals surface area contributed by atoms with E-state index < -0.39 is 0 Å². The van der Waals surface area contributed by atoms with Crippen LogP contribution in [0.2, 0.25) is 0 Å². The van der Waals surface area contributed by atoms with Crippen LogP contribution in [-0.2, 0) is 24.3 Å². The number of hydrogen-bond acceptors (Lipinski definition) is 5. The van der Waals surface area contributed by atoms with Crippen molar-refractivity contribution in [2.45, 2.75) is 31.6 Å². The van der Waals surface area contributed by atoms with Gasteiger partial charge < -0.3 is 4.90 Å². The lowest BCUT2D eigenvalue weighted by Gasteiger charge is -2.17. The van der Waals surface area contributed by atoms with Crippen molar-refractivity contribution in [3.8, 4) is 0 Å². The molecule has 0 aliphatic carbocycles. The molecule has 0 fully saturated rings. The third-order valence-electron chi connectivity index (χ3n) is 6.26. The number of amides is 1. The summed E-state index contributed by atoms with van der Waals surface area (Å²) in [5.74, 6) is 0.677. The Morgan fingerprint density at radius 2 is 1.58 bits per heavy atom. The predicted molar refractivity (Wildman–Crippen MR) is 143 cm³/mol. The lowest BCUT2D eigenvalue weighted by Crippen LogP contribution is -2.28. The maximum atomic E-state index is 13.3. The van der Waals surface area contributed by atoms with Gasteiger partial charge in [0.2, 0.25) is 11.7 Å². The van der Waals surface area contributed by atoms with E-state index in [0.717, 1.165) is 23.1 Å². The molecule has 0 radical (unpaired) electrons. The van der Waals surface area contributed by atoms with E-state index in [2.05, 4.69) is 41.4 Å². The summed E-state index contributed by atoms with van der Waals surface area (Å²) in [7, 11) is 1.81. The number of rotatable bonds is 8. The van der Waals surface area contributed by atoms with Crippen LogP contribution in [0.15, 0.2) is 88.8 Å². The Morgan fingerprint density at radius 3 is 2.33 bits per heavy atom. The minimum atomic E-state index is -0.115. The molecule has 0 spiro atoms. The average Bonchev–Trinajstić information content (AvgIpc) is 3.34. The summed E-state index contributed by atoms with van der Waals surface area (Å²) in [5, 5.41) is 9.90. The number of nitrogens with zero attached hydrogens (tertiary/aromatic N) is 5. The Hall–Kier alpha value is -3.91. The molecule has 0 saturated carbocycles. The molecule has 2 aromatic heterocycles. The highest BCUT2D eigenvalue weighted by molar-refractivity contribution is 7.99. The quantitative estimate of drug-likeness (QED) is 0.297. The van der Waals surface area contributed by atoms with Gasteiger partial charge in [-0.05, 0) is 35.2 Å². The molecule has 5 aromatic rings. The SMILES string of the molecule is CCc1ccc(CN(C)C(=O)CSc2nnc3n(Cc4ccccc4)c(=O)c4ccccc4n23)cc1. The largest absolute Gasteiger partial charge is 0.341 e. The van der Waals surface area contributed by atoms with Crippen LogP contribution in [0.3, 0.4) is 0 Å². The number of aryl methyl sites for hydroxylation is 1. The van der Waals surface area contributed by atoms with E-state index in [1.54, 1.807) is 9.47 Å². The second-order valence-electron chi connectivity index (χ2n) is 8.72. The van der Waals surface area contributed by atoms with Crippen LogP contribution in [0, 0.1) is 0 Å². The van der Waals surface area contributed by atoms with Crippen LogP contribution in [0.4, 0.5) is 0 Å². The van der Waals surface area contributed by atoms with Crippen molar-refractivity contribution in [3.05, 3.63) is 106 Å². The molecule has 0 aliphatic rings. The van der Waals surface area contributed by atoms with E-state index in [0.29, 0.717) is 29.4 Å². The Balaban J connectivity index is 1.42. The van der Waals surface area contributed by atoms with Crippen LogP contribution in [-0.4, -0.2) is 42.8 Å². The highest BCUT2D eigenvalue weighted by Gasteiger charge is 2.19. The maximum absolute atomic E-state index is 13.3. The van der Waals surface area contributed by atoms with Crippen molar-refractivity contribution >= 4 is 34.3 Å². The number of carbonyl (C=O) groups excluding carboxylic acids is 1. The van der Waals surface area contributed by atoms with E-state index in [4.69, 9.17) is 0 Å². The lowest BCUT2D eigenvalue weighted by atomic mass is 10.1. The molecule has 0 bridgehead atoms. The smallest absolute Gasteiger partial charge is 0.263 e. The molecule has 1 amide bonds. The summed E-state index contributed by atoms with van der Waals surface area (Å²) >= 11 is 1.33. The number of fused-ring (bicyclic) bond motifs is 3. The second kappa shape index (κ2) is 10.4. The summed E-state index contributed by atoms with van der Waals surface area (Å²) in [6.45, 7) is 3.05. The van der Waals surface area contributed by atoms with Gasteiger partial charge in [-0.15, -0.1) is 10.2 Å². The van der Waals surface area contributed by atoms with E-state index in [9.17, 15) is 9.59 Å². The first-order chi connectivity index (χ1) is 17.5. The Morgan fingerprint density at radius 1 is 0.889 bits per heavy atom. The Labute approximate surface area is 213 Å². The van der Waals surface area contributed by atoms with E-state index in [1.807, 2.05) is 66.0 Å². The van der Waals surface area contributed by atoms with E-state index in [1.165, 1.54) is 17.3 Å². The van der Waals surface area contributed by atoms with Crippen molar-refractivity contribution in [3.63, 3.8) is 0 Å². The highest BCUT2D eigenvalue weighted by atomic mass is 32.2. The molecular weight excluding hydrogens is 470 g/mol. The number of benzene rings is 3. The van der Waals surface area contributed by atoms with Crippen LogP contribution in [0.25, 0.3) is 16.7 Å². The molecule has 0 aliphatic heterocycles. The highest BCUT2D eigenvalue weighted by Crippen LogP contribution is 2.22. The van der Waals surface area contributed by atoms with Gasteiger partial charge in [0, 0.05) is 13.6 Å². The van der Waals surface area contributed by atoms with E-state index >= 15 is 0 Å². The first-order valence-corrected chi connectivity index (χ1v) is 12.9. The molecule has 0 unspecified atom stereocenters. The van der Waals surface area contributed by atoms with Gasteiger partial charge in [0.1, 0.15) is 0 Å². The van der Waals surface area contributed by atoms with Crippen molar-refractivity contribution in [2.75, 3.05) is 12.8 Å². The minimum Gasteiger partial charge on any atom is -0.341 e. The zero-order chi connectivity index (χ0) is 25.1. The first-order valence-electron chi connectivity index (χ1n) is 11.9. The predicted octanol–water partition coefficient (Wildman–Crippen LogP) is 4.41. The first kappa shape index (κ1) is 23.8. The molecule has 0 saturated heterocycles. The standard InChI is InChI=1S/C28H27N5O2S/c1-3-20-13-15-22(16-14-20)17-31(2)25(34)19-36-28-30-29-27-32(18-21-9-5-4-6-10-21)26(35)23-11-7-8-12-24(23)33(27)28/h4-16H,3,17-19H2,1-2H3. The summed E-state index contributed by atoms with van der Waals surface area (Å²) in [6, 6.07) is 25.6. The molecule has 0 N–H and O–H groups in total. The second-order valence-corrected chi connectivity index (χ2v) is 9.66.